The van der Waals surface area contributed by atoms with Crippen molar-refractivity contribution in [3.63, 3.8) is 0 Å². The van der Waals surface area contributed by atoms with Crippen LogP contribution in [0.25, 0.3) is 0 Å². The number of piperidine rings is 1. The van der Waals surface area contributed by atoms with Crippen molar-refractivity contribution >= 4 is 18.3 Å². The van der Waals surface area contributed by atoms with Crippen LogP contribution in [0.2, 0.25) is 0 Å². The summed E-state index contributed by atoms with van der Waals surface area (Å²) in [6, 6.07) is 5.91. The topological polar surface area (TPSA) is 64.8 Å². The predicted molar refractivity (Wildman–Crippen MR) is 77.3 cm³/mol. The summed E-state index contributed by atoms with van der Waals surface area (Å²) in [6.45, 7) is 1.80. The van der Waals surface area contributed by atoms with Crippen molar-refractivity contribution in [3.05, 3.63) is 23.8 Å². The molecule has 110 valence electrons. The Balaban J connectivity index is 0.00000147. The molecule has 3 rings (SSSR count). The number of benzene rings is 1. The fourth-order valence-electron chi connectivity index (χ4n) is 2.49. The number of carbonyl (C=O) groups excluding carboxylic acids is 1. The van der Waals surface area contributed by atoms with E-state index in [0.717, 1.165) is 43.0 Å². The number of likely N-dealkylation sites (tertiary alicyclic amines) is 1. The number of nitrogens with two attached hydrogens (primary N) is 1. The third-order valence-electron chi connectivity index (χ3n) is 3.68. The molecule has 0 bridgehead atoms. The molecule has 6 heteroatoms. The summed E-state index contributed by atoms with van der Waals surface area (Å²) in [5.41, 5.74) is 6.80. The van der Waals surface area contributed by atoms with E-state index in [4.69, 9.17) is 15.2 Å². The maximum Gasteiger partial charge on any atom is 0.231 e. The summed E-state index contributed by atoms with van der Waals surface area (Å²) in [6.07, 6.45) is 2.20. The molecule has 0 spiro atoms. The first-order valence-corrected chi connectivity index (χ1v) is 6.64. The van der Waals surface area contributed by atoms with E-state index in [-0.39, 0.29) is 31.1 Å². The normalized spacial score (nSPS) is 17.8. The van der Waals surface area contributed by atoms with Crippen molar-refractivity contribution in [2.45, 2.75) is 25.3 Å². The molecule has 0 unspecified atom stereocenters. The first-order chi connectivity index (χ1) is 9.22. The number of carbonyl (C=O) groups is 1. The quantitative estimate of drug-likeness (QED) is 0.894. The number of halogens is 1. The predicted octanol–water partition coefficient (Wildman–Crippen LogP) is 1.33. The maximum absolute atomic E-state index is 12.2. The smallest absolute Gasteiger partial charge is 0.231 e. The Morgan fingerprint density at radius 1 is 1.25 bits per heavy atom. The second-order valence-corrected chi connectivity index (χ2v) is 5.08. The Labute approximate surface area is 124 Å². The molecular formula is C14H19ClN2O3. The zero-order valence-corrected chi connectivity index (χ0v) is 12.0. The number of fused-ring (bicyclic) bond motifs is 1. The van der Waals surface area contributed by atoms with Crippen LogP contribution in [-0.4, -0.2) is 36.7 Å². The van der Waals surface area contributed by atoms with E-state index in [1.807, 2.05) is 23.1 Å². The third kappa shape index (κ3) is 3.16. The van der Waals surface area contributed by atoms with Crippen LogP contribution in [0.1, 0.15) is 18.4 Å². The lowest BCUT2D eigenvalue weighted by molar-refractivity contribution is -0.131. The van der Waals surface area contributed by atoms with Crippen LogP contribution in [0.15, 0.2) is 18.2 Å². The molecule has 0 aromatic heterocycles. The molecule has 1 amide bonds. The van der Waals surface area contributed by atoms with E-state index in [1.54, 1.807) is 0 Å². The van der Waals surface area contributed by atoms with Crippen molar-refractivity contribution in [2.24, 2.45) is 5.73 Å². The molecule has 1 saturated heterocycles. The lowest BCUT2D eigenvalue weighted by Gasteiger charge is -2.30. The minimum atomic E-state index is 0. The lowest BCUT2D eigenvalue weighted by Crippen LogP contribution is -2.43. The molecule has 2 aliphatic rings. The SMILES string of the molecule is Cl.NC1CCN(C(=O)Cc2ccc3c(c2)OCO3)CC1. The largest absolute Gasteiger partial charge is 0.454 e. The molecule has 20 heavy (non-hydrogen) atoms. The highest BCUT2D eigenvalue weighted by Gasteiger charge is 2.21. The fraction of sp³-hybridized carbons (Fsp3) is 0.500. The Kier molecular flexibility index (Phi) is 4.73. The maximum atomic E-state index is 12.2. The van der Waals surface area contributed by atoms with Gasteiger partial charge >= 0.3 is 0 Å². The highest BCUT2D eigenvalue weighted by molar-refractivity contribution is 5.85. The van der Waals surface area contributed by atoms with Gasteiger partial charge in [0.15, 0.2) is 11.5 Å². The van der Waals surface area contributed by atoms with E-state index < -0.39 is 0 Å². The summed E-state index contributed by atoms with van der Waals surface area (Å²) in [7, 11) is 0. The molecule has 0 saturated carbocycles. The Morgan fingerprint density at radius 3 is 2.70 bits per heavy atom. The number of nitrogens with zero attached hydrogens (tertiary/aromatic N) is 1. The molecule has 0 radical (unpaired) electrons. The molecule has 2 N–H and O–H groups in total. The molecule has 5 nitrogen and oxygen atoms in total. The average Bonchev–Trinajstić information content (AvgIpc) is 2.87. The van der Waals surface area contributed by atoms with Gasteiger partial charge < -0.3 is 20.1 Å². The number of hydrogen-bond acceptors (Lipinski definition) is 4. The van der Waals surface area contributed by atoms with Gasteiger partial charge in [0, 0.05) is 19.1 Å². The zero-order valence-electron chi connectivity index (χ0n) is 11.2. The van der Waals surface area contributed by atoms with E-state index in [0.29, 0.717) is 6.42 Å². The molecule has 2 aliphatic heterocycles. The van der Waals surface area contributed by atoms with E-state index >= 15 is 0 Å². The van der Waals surface area contributed by atoms with Gasteiger partial charge in [0.05, 0.1) is 6.42 Å². The summed E-state index contributed by atoms with van der Waals surface area (Å²) >= 11 is 0. The standard InChI is InChI=1S/C14H18N2O3.ClH/c15-11-3-5-16(6-4-11)14(17)8-10-1-2-12-13(7-10)19-9-18-12;/h1-2,7,11H,3-6,8-9,15H2;1H. The van der Waals surface area contributed by atoms with Crippen LogP contribution in [0, 0.1) is 0 Å². The van der Waals surface area contributed by atoms with Gasteiger partial charge in [0.2, 0.25) is 12.7 Å². The first-order valence-electron chi connectivity index (χ1n) is 6.64. The van der Waals surface area contributed by atoms with Gasteiger partial charge in [-0.2, -0.15) is 0 Å². The summed E-state index contributed by atoms with van der Waals surface area (Å²) in [4.78, 5) is 14.1. The van der Waals surface area contributed by atoms with Gasteiger partial charge in [-0.15, -0.1) is 12.4 Å². The average molecular weight is 299 g/mol. The van der Waals surface area contributed by atoms with Gasteiger partial charge in [-0.1, -0.05) is 6.07 Å². The van der Waals surface area contributed by atoms with Crippen molar-refractivity contribution in [2.75, 3.05) is 19.9 Å². The molecule has 0 aliphatic carbocycles. The molecule has 1 fully saturated rings. The Hall–Kier alpha value is -1.46. The number of ether oxygens (including phenoxy) is 2. The van der Waals surface area contributed by atoms with E-state index in [9.17, 15) is 4.79 Å². The fourth-order valence-corrected chi connectivity index (χ4v) is 2.49. The van der Waals surface area contributed by atoms with Crippen LogP contribution < -0.4 is 15.2 Å². The van der Waals surface area contributed by atoms with Crippen LogP contribution in [0.5, 0.6) is 11.5 Å². The summed E-state index contributed by atoms with van der Waals surface area (Å²) in [5.74, 6) is 1.64. The molecule has 0 atom stereocenters. The molecule has 1 aromatic rings. The van der Waals surface area contributed by atoms with Gasteiger partial charge in [0.1, 0.15) is 0 Å². The Morgan fingerprint density at radius 2 is 1.95 bits per heavy atom. The monoisotopic (exact) mass is 298 g/mol. The van der Waals surface area contributed by atoms with Gasteiger partial charge in [0.25, 0.3) is 0 Å². The van der Waals surface area contributed by atoms with Crippen LogP contribution in [0.4, 0.5) is 0 Å². The number of rotatable bonds is 2. The Bertz CT molecular complexity index is 487. The van der Waals surface area contributed by atoms with Crippen molar-refractivity contribution < 1.29 is 14.3 Å². The lowest BCUT2D eigenvalue weighted by atomic mass is 10.0. The molecular weight excluding hydrogens is 280 g/mol. The summed E-state index contributed by atoms with van der Waals surface area (Å²) in [5, 5.41) is 0. The van der Waals surface area contributed by atoms with Gasteiger partial charge in [-0.05, 0) is 30.5 Å². The number of amides is 1. The van der Waals surface area contributed by atoms with Crippen LogP contribution >= 0.6 is 12.4 Å². The van der Waals surface area contributed by atoms with Crippen LogP contribution in [0.3, 0.4) is 0 Å². The van der Waals surface area contributed by atoms with Crippen molar-refractivity contribution in [1.29, 1.82) is 0 Å². The number of hydrogen-bond donors (Lipinski definition) is 1. The highest BCUT2D eigenvalue weighted by atomic mass is 35.5. The van der Waals surface area contributed by atoms with Crippen molar-refractivity contribution in [1.82, 2.24) is 4.90 Å². The van der Waals surface area contributed by atoms with E-state index in [1.165, 1.54) is 0 Å². The first kappa shape index (κ1) is 14.9. The van der Waals surface area contributed by atoms with Crippen LogP contribution in [-0.2, 0) is 11.2 Å². The summed E-state index contributed by atoms with van der Waals surface area (Å²) < 4.78 is 10.6. The van der Waals surface area contributed by atoms with Crippen molar-refractivity contribution in [3.8, 4) is 11.5 Å². The minimum Gasteiger partial charge on any atom is -0.454 e. The van der Waals surface area contributed by atoms with Gasteiger partial charge in [-0.25, -0.2) is 0 Å². The second-order valence-electron chi connectivity index (χ2n) is 5.08. The van der Waals surface area contributed by atoms with Gasteiger partial charge in [-0.3, -0.25) is 4.79 Å². The second kappa shape index (κ2) is 6.33. The third-order valence-corrected chi connectivity index (χ3v) is 3.68. The van der Waals surface area contributed by atoms with E-state index in [2.05, 4.69) is 0 Å². The zero-order chi connectivity index (χ0) is 13.2. The highest BCUT2D eigenvalue weighted by Crippen LogP contribution is 2.32. The minimum absolute atomic E-state index is 0. The molecule has 2 heterocycles. The molecule has 1 aromatic carbocycles.